The molecule has 2 N–H and O–H groups in total. The van der Waals surface area contributed by atoms with Gasteiger partial charge in [-0.15, -0.1) is 0 Å². The molecule has 0 aromatic heterocycles. The Kier molecular flexibility index (Phi) is 5.37. The van der Waals surface area contributed by atoms with E-state index in [0.29, 0.717) is 25.2 Å². The van der Waals surface area contributed by atoms with Crippen LogP contribution >= 0.6 is 0 Å². The molecule has 37 heavy (non-hydrogen) atoms. The molecule has 3 fully saturated rings. The monoisotopic (exact) mass is 504 g/mol. The number of phenols is 1. The average Bonchev–Trinajstić information content (AvgIpc) is 3.64. The standard InChI is InChI=1S/C30H36N2O5/c1-2-36-32(25(34)16-19-6-4-3-5-7-19)22-12-13-30(35)24-17-21-10-11-23(33)27-26(21)29(30,28(22)37-27)14-15-31(24)18-20-8-9-20/h3-7,10-11,20,22,24,28,33,35H,2,8-9,12-18H2,1H3/t22?,24-,28?,29+,30-/m1/s1. The highest BCUT2D eigenvalue weighted by atomic mass is 16.7. The number of likely N-dealkylation sites (tertiary alicyclic amines) is 1. The van der Waals surface area contributed by atoms with Gasteiger partial charge in [0.05, 0.1) is 30.1 Å². The maximum absolute atomic E-state index is 13.6. The molecule has 2 saturated carbocycles. The Bertz CT molecular complexity index is 1220. The number of carbonyl (C=O) groups excluding carboxylic acids is 1. The summed E-state index contributed by atoms with van der Waals surface area (Å²) in [5, 5.41) is 25.1. The number of nitrogens with zero attached hydrogens (tertiary/aromatic N) is 2. The van der Waals surface area contributed by atoms with Crippen molar-refractivity contribution in [2.24, 2.45) is 5.92 Å². The largest absolute Gasteiger partial charge is 0.504 e. The van der Waals surface area contributed by atoms with Gasteiger partial charge in [0, 0.05) is 18.2 Å². The minimum Gasteiger partial charge on any atom is -0.504 e. The van der Waals surface area contributed by atoms with Gasteiger partial charge < -0.3 is 14.9 Å². The van der Waals surface area contributed by atoms with Gasteiger partial charge in [0.15, 0.2) is 11.5 Å². The molecule has 2 aromatic carbocycles. The molecule has 1 amide bonds. The quantitative estimate of drug-likeness (QED) is 0.563. The summed E-state index contributed by atoms with van der Waals surface area (Å²) < 4.78 is 6.64. The summed E-state index contributed by atoms with van der Waals surface area (Å²) in [6.07, 6.45) is 4.97. The van der Waals surface area contributed by atoms with Crippen LogP contribution in [-0.4, -0.2) is 69.6 Å². The fourth-order valence-electron chi connectivity index (χ4n) is 8.04. The first-order valence-electron chi connectivity index (χ1n) is 13.9. The Morgan fingerprint density at radius 3 is 2.73 bits per heavy atom. The molecule has 5 atom stereocenters. The summed E-state index contributed by atoms with van der Waals surface area (Å²) in [7, 11) is 0. The molecule has 2 aliphatic heterocycles. The minimum absolute atomic E-state index is 0.0115. The lowest BCUT2D eigenvalue weighted by Gasteiger charge is -2.64. The van der Waals surface area contributed by atoms with Crippen molar-refractivity contribution in [2.75, 3.05) is 19.7 Å². The van der Waals surface area contributed by atoms with E-state index in [9.17, 15) is 15.0 Å². The van der Waals surface area contributed by atoms with Gasteiger partial charge in [0.25, 0.3) is 5.91 Å². The van der Waals surface area contributed by atoms with Crippen molar-refractivity contribution in [2.45, 2.75) is 81.1 Å². The highest BCUT2D eigenvalue weighted by Crippen LogP contribution is 2.66. The molecule has 5 aliphatic rings. The van der Waals surface area contributed by atoms with Crippen LogP contribution in [0.3, 0.4) is 0 Å². The van der Waals surface area contributed by atoms with Gasteiger partial charge in [-0.2, -0.15) is 0 Å². The second-order valence-corrected chi connectivity index (χ2v) is 11.7. The van der Waals surface area contributed by atoms with Crippen molar-refractivity contribution >= 4 is 5.91 Å². The highest BCUT2D eigenvalue weighted by molar-refractivity contribution is 5.78. The van der Waals surface area contributed by atoms with Crippen LogP contribution in [0.4, 0.5) is 0 Å². The number of phenolic OH excluding ortho intramolecular Hbond substituents is 1. The van der Waals surface area contributed by atoms with Gasteiger partial charge in [-0.05, 0) is 75.1 Å². The zero-order chi connectivity index (χ0) is 25.4. The summed E-state index contributed by atoms with van der Waals surface area (Å²) in [5.41, 5.74) is 1.41. The Balaban J connectivity index is 1.29. The summed E-state index contributed by atoms with van der Waals surface area (Å²) in [6, 6.07) is 13.1. The molecule has 1 saturated heterocycles. The van der Waals surface area contributed by atoms with E-state index in [4.69, 9.17) is 9.57 Å². The average molecular weight is 505 g/mol. The Morgan fingerprint density at radius 1 is 1.16 bits per heavy atom. The zero-order valence-corrected chi connectivity index (χ0v) is 21.4. The maximum Gasteiger partial charge on any atom is 0.250 e. The molecular formula is C30H36N2O5. The van der Waals surface area contributed by atoms with Gasteiger partial charge in [0.2, 0.25) is 0 Å². The predicted octanol–water partition coefficient (Wildman–Crippen LogP) is 3.35. The van der Waals surface area contributed by atoms with Crippen LogP contribution in [0.15, 0.2) is 42.5 Å². The number of hydrogen-bond acceptors (Lipinski definition) is 6. The molecule has 2 aromatic rings. The number of piperidine rings is 1. The van der Waals surface area contributed by atoms with Crippen LogP contribution in [0.5, 0.6) is 11.5 Å². The molecule has 1 spiro atoms. The predicted molar refractivity (Wildman–Crippen MR) is 137 cm³/mol. The molecule has 7 heteroatoms. The second kappa shape index (κ2) is 8.45. The van der Waals surface area contributed by atoms with Crippen molar-refractivity contribution in [1.29, 1.82) is 0 Å². The van der Waals surface area contributed by atoms with Gasteiger partial charge in [-0.3, -0.25) is 14.5 Å². The van der Waals surface area contributed by atoms with Crippen molar-refractivity contribution in [3.8, 4) is 11.5 Å². The van der Waals surface area contributed by atoms with E-state index in [1.807, 2.05) is 43.3 Å². The van der Waals surface area contributed by atoms with Crippen molar-refractivity contribution in [1.82, 2.24) is 9.96 Å². The lowest BCUT2D eigenvalue weighted by Crippen LogP contribution is -2.78. The van der Waals surface area contributed by atoms with Crippen LogP contribution < -0.4 is 4.74 Å². The normalized spacial score (nSPS) is 33.5. The fraction of sp³-hybridized carbons (Fsp3) is 0.567. The van der Waals surface area contributed by atoms with E-state index in [2.05, 4.69) is 4.90 Å². The molecule has 2 heterocycles. The second-order valence-electron chi connectivity index (χ2n) is 11.7. The maximum atomic E-state index is 13.6. The highest BCUT2D eigenvalue weighted by Gasteiger charge is 2.73. The van der Waals surface area contributed by atoms with E-state index >= 15 is 0 Å². The van der Waals surface area contributed by atoms with Crippen molar-refractivity contribution < 1.29 is 24.6 Å². The minimum atomic E-state index is -0.978. The molecule has 196 valence electrons. The van der Waals surface area contributed by atoms with Crippen LogP contribution in [-0.2, 0) is 27.9 Å². The number of amides is 1. The van der Waals surface area contributed by atoms with Crippen LogP contribution in [0.2, 0.25) is 0 Å². The zero-order valence-electron chi connectivity index (χ0n) is 21.4. The first-order chi connectivity index (χ1) is 18.0. The molecule has 0 radical (unpaired) electrons. The van der Waals surface area contributed by atoms with E-state index in [0.717, 1.165) is 48.5 Å². The molecule has 2 bridgehead atoms. The van der Waals surface area contributed by atoms with Gasteiger partial charge in [-0.1, -0.05) is 36.4 Å². The Labute approximate surface area is 217 Å². The number of hydrogen-bond donors (Lipinski definition) is 2. The fourth-order valence-corrected chi connectivity index (χ4v) is 8.04. The van der Waals surface area contributed by atoms with E-state index in [1.54, 1.807) is 6.07 Å². The number of benzene rings is 2. The van der Waals surface area contributed by atoms with Gasteiger partial charge in [0.1, 0.15) is 6.10 Å². The lowest BCUT2D eigenvalue weighted by atomic mass is 9.48. The SMILES string of the molecule is CCON(C(=O)Cc1ccccc1)C1CC[C@@]2(O)[C@H]3Cc4ccc(O)c5c4[C@@]2(CCN3CC2CC2)C1O5. The van der Waals surface area contributed by atoms with E-state index in [-0.39, 0.29) is 30.2 Å². The third kappa shape index (κ3) is 3.33. The smallest absolute Gasteiger partial charge is 0.250 e. The van der Waals surface area contributed by atoms with Gasteiger partial charge >= 0.3 is 0 Å². The summed E-state index contributed by atoms with van der Waals surface area (Å²) in [4.78, 5) is 22.2. The summed E-state index contributed by atoms with van der Waals surface area (Å²) in [6.45, 7) is 4.18. The number of ether oxygens (including phenoxy) is 1. The lowest BCUT2D eigenvalue weighted by molar-refractivity contribution is -0.247. The molecule has 3 aliphatic carbocycles. The Morgan fingerprint density at radius 2 is 1.97 bits per heavy atom. The molecular weight excluding hydrogens is 468 g/mol. The van der Waals surface area contributed by atoms with E-state index in [1.165, 1.54) is 17.9 Å². The van der Waals surface area contributed by atoms with Crippen LogP contribution in [0.25, 0.3) is 0 Å². The first kappa shape index (κ1) is 23.5. The third-order valence-electron chi connectivity index (χ3n) is 9.74. The van der Waals surface area contributed by atoms with Crippen molar-refractivity contribution in [3.05, 3.63) is 59.2 Å². The van der Waals surface area contributed by atoms with Crippen LogP contribution in [0, 0.1) is 5.92 Å². The summed E-state index contributed by atoms with van der Waals surface area (Å²) in [5.74, 6) is 1.24. The Hall–Kier alpha value is -2.61. The molecule has 2 unspecified atom stereocenters. The number of carbonyl (C=O) groups is 1. The number of aromatic hydroxyl groups is 1. The molecule has 7 nitrogen and oxygen atoms in total. The number of aliphatic hydroxyl groups is 1. The number of hydroxylamine groups is 2. The van der Waals surface area contributed by atoms with Crippen LogP contribution in [0.1, 0.15) is 55.7 Å². The molecule has 7 rings (SSSR count). The third-order valence-corrected chi connectivity index (χ3v) is 9.74. The van der Waals surface area contributed by atoms with E-state index < -0.39 is 17.1 Å². The number of rotatable bonds is 7. The van der Waals surface area contributed by atoms with Gasteiger partial charge in [-0.25, -0.2) is 5.06 Å². The first-order valence-corrected chi connectivity index (χ1v) is 13.9. The topological polar surface area (TPSA) is 82.5 Å². The summed E-state index contributed by atoms with van der Waals surface area (Å²) >= 11 is 0. The van der Waals surface area contributed by atoms with Crippen molar-refractivity contribution in [3.63, 3.8) is 0 Å².